The Bertz CT molecular complexity index is 637. The quantitative estimate of drug-likeness (QED) is 0.893. The Morgan fingerprint density at radius 2 is 1.74 bits per heavy atom. The van der Waals surface area contributed by atoms with Gasteiger partial charge in [-0.1, -0.05) is 36.4 Å². The average molecular weight is 310 g/mol. The van der Waals surface area contributed by atoms with Crippen LogP contribution >= 0.6 is 0 Å². The van der Waals surface area contributed by atoms with Crippen molar-refractivity contribution in [3.63, 3.8) is 0 Å². The van der Waals surface area contributed by atoms with Gasteiger partial charge in [0.15, 0.2) is 0 Å². The third kappa shape index (κ3) is 4.33. The summed E-state index contributed by atoms with van der Waals surface area (Å²) in [6, 6.07) is 17.5. The highest BCUT2D eigenvalue weighted by Crippen LogP contribution is 2.15. The lowest BCUT2D eigenvalue weighted by molar-refractivity contribution is 0.0927. The molecule has 4 nitrogen and oxygen atoms in total. The second-order valence-corrected chi connectivity index (χ2v) is 5.76. The number of nitrogens with one attached hydrogen (secondary N) is 2. The van der Waals surface area contributed by atoms with Crippen LogP contribution < -0.4 is 15.4 Å². The fourth-order valence-corrected chi connectivity index (χ4v) is 2.77. The Morgan fingerprint density at radius 1 is 1.04 bits per heavy atom. The van der Waals surface area contributed by atoms with Crippen molar-refractivity contribution in [1.82, 2.24) is 10.6 Å². The first-order chi connectivity index (χ1) is 11.3. The van der Waals surface area contributed by atoms with Gasteiger partial charge in [0.05, 0.1) is 0 Å². The smallest absolute Gasteiger partial charge is 0.251 e. The van der Waals surface area contributed by atoms with Gasteiger partial charge in [0, 0.05) is 17.2 Å². The van der Waals surface area contributed by atoms with Crippen LogP contribution in [0.25, 0.3) is 0 Å². The van der Waals surface area contributed by atoms with Crippen molar-refractivity contribution in [3.8, 4) is 5.75 Å². The number of amides is 1. The number of hydrogen-bond donors (Lipinski definition) is 2. The van der Waals surface area contributed by atoms with Gasteiger partial charge in [-0.3, -0.25) is 4.79 Å². The molecule has 3 rings (SSSR count). The molecule has 0 spiro atoms. The van der Waals surface area contributed by atoms with Gasteiger partial charge in [-0.25, -0.2) is 0 Å². The van der Waals surface area contributed by atoms with E-state index >= 15 is 0 Å². The summed E-state index contributed by atoms with van der Waals surface area (Å²) in [5.41, 5.74) is 1.60. The normalized spacial score (nSPS) is 15.1. The monoisotopic (exact) mass is 310 g/mol. The molecular weight excluding hydrogens is 288 g/mol. The summed E-state index contributed by atoms with van der Waals surface area (Å²) >= 11 is 0. The fraction of sp³-hybridized carbons (Fsp3) is 0.316. The van der Waals surface area contributed by atoms with E-state index in [9.17, 15) is 4.79 Å². The maximum atomic E-state index is 12.6. The van der Waals surface area contributed by atoms with Crippen molar-refractivity contribution in [3.05, 3.63) is 65.7 Å². The first-order valence-electron chi connectivity index (χ1n) is 8.10. The van der Waals surface area contributed by atoms with E-state index in [2.05, 4.69) is 10.6 Å². The number of para-hydroxylation sites is 1. The highest BCUT2D eigenvalue weighted by Gasteiger charge is 2.18. The van der Waals surface area contributed by atoms with E-state index in [-0.39, 0.29) is 11.9 Å². The predicted octanol–water partition coefficient (Wildman–Crippen LogP) is 2.75. The van der Waals surface area contributed by atoms with Crippen molar-refractivity contribution >= 4 is 5.91 Å². The van der Waals surface area contributed by atoms with Gasteiger partial charge in [0.2, 0.25) is 0 Å². The van der Waals surface area contributed by atoms with Crippen LogP contribution in [0, 0.1) is 0 Å². The van der Waals surface area contributed by atoms with Gasteiger partial charge in [-0.2, -0.15) is 0 Å². The zero-order valence-electron chi connectivity index (χ0n) is 13.1. The Hall–Kier alpha value is -2.33. The summed E-state index contributed by atoms with van der Waals surface area (Å²) < 4.78 is 5.78. The zero-order chi connectivity index (χ0) is 15.9. The van der Waals surface area contributed by atoms with E-state index in [0.717, 1.165) is 37.2 Å². The van der Waals surface area contributed by atoms with Crippen molar-refractivity contribution in [1.29, 1.82) is 0 Å². The third-order valence-electron chi connectivity index (χ3n) is 4.07. The molecule has 0 atom stereocenters. The summed E-state index contributed by atoms with van der Waals surface area (Å²) in [4.78, 5) is 12.6. The number of piperidine rings is 1. The number of benzene rings is 2. The van der Waals surface area contributed by atoms with Crippen molar-refractivity contribution in [2.24, 2.45) is 0 Å². The van der Waals surface area contributed by atoms with Crippen LogP contribution in [-0.2, 0) is 6.61 Å². The first-order valence-corrected chi connectivity index (χ1v) is 8.10. The topological polar surface area (TPSA) is 50.4 Å². The number of hydrogen-bond acceptors (Lipinski definition) is 3. The molecule has 1 amide bonds. The number of rotatable bonds is 5. The summed E-state index contributed by atoms with van der Waals surface area (Å²) in [7, 11) is 0. The Kier molecular flexibility index (Phi) is 5.27. The molecule has 1 heterocycles. The molecule has 1 saturated heterocycles. The van der Waals surface area contributed by atoms with E-state index in [1.165, 1.54) is 0 Å². The number of carbonyl (C=O) groups is 1. The van der Waals surface area contributed by atoms with Crippen LogP contribution in [0.1, 0.15) is 28.8 Å². The van der Waals surface area contributed by atoms with Crippen LogP contribution in [-0.4, -0.2) is 25.0 Å². The average Bonchev–Trinajstić information content (AvgIpc) is 2.62. The minimum atomic E-state index is -0.0100. The fourth-order valence-electron chi connectivity index (χ4n) is 2.77. The Balaban J connectivity index is 1.65. The van der Waals surface area contributed by atoms with Crippen LogP contribution in [0.15, 0.2) is 54.6 Å². The molecule has 23 heavy (non-hydrogen) atoms. The third-order valence-corrected chi connectivity index (χ3v) is 4.07. The van der Waals surface area contributed by atoms with E-state index < -0.39 is 0 Å². The minimum Gasteiger partial charge on any atom is -0.489 e. The molecular formula is C19H22N2O2. The molecule has 2 aromatic rings. The van der Waals surface area contributed by atoms with Gasteiger partial charge in [0.1, 0.15) is 12.4 Å². The largest absolute Gasteiger partial charge is 0.489 e. The van der Waals surface area contributed by atoms with Crippen molar-refractivity contribution in [2.75, 3.05) is 13.1 Å². The highest BCUT2D eigenvalue weighted by molar-refractivity contribution is 5.95. The lowest BCUT2D eigenvalue weighted by atomic mass is 10.0. The van der Waals surface area contributed by atoms with Gasteiger partial charge < -0.3 is 15.4 Å². The summed E-state index contributed by atoms with van der Waals surface area (Å²) in [6.45, 7) is 2.31. The SMILES string of the molecule is O=C(NC1CCNCC1)c1ccccc1COc1ccccc1. The maximum absolute atomic E-state index is 12.6. The molecule has 4 heteroatoms. The standard InChI is InChI=1S/C19H22N2O2/c22-19(21-16-10-12-20-13-11-16)18-9-5-4-6-15(18)14-23-17-7-2-1-3-8-17/h1-9,16,20H,10-14H2,(H,21,22). The molecule has 1 aliphatic heterocycles. The minimum absolute atomic E-state index is 0.0100. The highest BCUT2D eigenvalue weighted by atomic mass is 16.5. The van der Waals surface area contributed by atoms with E-state index in [1.54, 1.807) is 0 Å². The summed E-state index contributed by atoms with van der Waals surface area (Å²) in [5, 5.41) is 6.45. The molecule has 1 fully saturated rings. The predicted molar refractivity (Wildman–Crippen MR) is 90.6 cm³/mol. The van der Waals surface area contributed by atoms with Gasteiger partial charge in [-0.15, -0.1) is 0 Å². The lowest BCUT2D eigenvalue weighted by Crippen LogP contribution is -2.42. The van der Waals surface area contributed by atoms with Crippen LogP contribution in [0.2, 0.25) is 0 Å². The molecule has 0 unspecified atom stereocenters. The van der Waals surface area contributed by atoms with Crippen LogP contribution in [0.4, 0.5) is 0 Å². The number of ether oxygens (including phenoxy) is 1. The molecule has 0 aromatic heterocycles. The Morgan fingerprint density at radius 3 is 2.52 bits per heavy atom. The van der Waals surface area contributed by atoms with Crippen molar-refractivity contribution in [2.45, 2.75) is 25.5 Å². The van der Waals surface area contributed by atoms with Gasteiger partial charge in [0.25, 0.3) is 5.91 Å². The molecule has 0 saturated carbocycles. The number of carbonyl (C=O) groups excluding carboxylic acids is 1. The van der Waals surface area contributed by atoms with Crippen molar-refractivity contribution < 1.29 is 9.53 Å². The molecule has 1 aliphatic rings. The van der Waals surface area contributed by atoms with E-state index in [1.807, 2.05) is 54.6 Å². The van der Waals surface area contributed by atoms with Gasteiger partial charge >= 0.3 is 0 Å². The second kappa shape index (κ2) is 7.79. The van der Waals surface area contributed by atoms with Crippen LogP contribution in [0.3, 0.4) is 0 Å². The maximum Gasteiger partial charge on any atom is 0.251 e. The van der Waals surface area contributed by atoms with E-state index in [0.29, 0.717) is 12.2 Å². The second-order valence-electron chi connectivity index (χ2n) is 5.76. The van der Waals surface area contributed by atoms with Crippen LogP contribution in [0.5, 0.6) is 5.75 Å². The molecule has 0 bridgehead atoms. The zero-order valence-corrected chi connectivity index (χ0v) is 13.1. The summed E-state index contributed by atoms with van der Waals surface area (Å²) in [5.74, 6) is 0.797. The Labute approximate surface area is 136 Å². The van der Waals surface area contributed by atoms with Gasteiger partial charge in [-0.05, 0) is 44.1 Å². The summed E-state index contributed by atoms with van der Waals surface area (Å²) in [6.07, 6.45) is 1.96. The molecule has 120 valence electrons. The lowest BCUT2D eigenvalue weighted by Gasteiger charge is -2.24. The molecule has 0 aliphatic carbocycles. The molecule has 0 radical (unpaired) electrons. The first kappa shape index (κ1) is 15.6. The molecule has 2 N–H and O–H groups in total. The molecule has 2 aromatic carbocycles. The van der Waals surface area contributed by atoms with E-state index in [4.69, 9.17) is 4.74 Å².